The van der Waals surface area contributed by atoms with Crippen LogP contribution in [0.3, 0.4) is 0 Å². The lowest BCUT2D eigenvalue weighted by molar-refractivity contribution is 0.0959. The van der Waals surface area contributed by atoms with Crippen LogP contribution in [0.5, 0.6) is 0 Å². The van der Waals surface area contributed by atoms with E-state index in [2.05, 4.69) is 15.3 Å². The molecule has 6 heteroatoms. The molecule has 0 fully saturated rings. The summed E-state index contributed by atoms with van der Waals surface area (Å²) >= 11 is 5.80. The molecule has 3 N–H and O–H groups in total. The highest BCUT2D eigenvalue weighted by atomic mass is 35.5. The molecule has 0 aliphatic carbocycles. The first kappa shape index (κ1) is 13.3. The van der Waals surface area contributed by atoms with Gasteiger partial charge in [-0.25, -0.2) is 9.97 Å². The normalized spacial score (nSPS) is 10.2. The number of hydrogen-bond acceptors (Lipinski definition) is 4. The van der Waals surface area contributed by atoms with Crippen molar-refractivity contribution in [3.8, 4) is 11.3 Å². The van der Waals surface area contributed by atoms with Crippen molar-refractivity contribution >= 4 is 23.3 Å². The van der Waals surface area contributed by atoms with Crippen molar-refractivity contribution in [3.63, 3.8) is 0 Å². The van der Waals surface area contributed by atoms with Crippen molar-refractivity contribution in [2.45, 2.75) is 5.88 Å². The zero-order valence-electron chi connectivity index (χ0n) is 10.4. The lowest BCUT2D eigenvalue weighted by Crippen LogP contribution is -2.21. The van der Waals surface area contributed by atoms with Crippen LogP contribution in [-0.2, 0) is 5.88 Å². The van der Waals surface area contributed by atoms with Crippen molar-refractivity contribution in [2.24, 2.45) is 0 Å². The summed E-state index contributed by atoms with van der Waals surface area (Å²) in [6.07, 6.45) is 1.54. The highest BCUT2D eigenvalue weighted by Gasteiger charge is 2.13. The second-order valence-corrected chi connectivity index (χ2v) is 4.17. The standard InChI is InChI=1S/C13H13ClN4O/c1-16-13(19)11-12(15)17-7-10(18-11)9-4-2-3-8(5-9)6-14/h2-5,7H,6H2,1H3,(H2,15,17)(H,16,19). The lowest BCUT2D eigenvalue weighted by Gasteiger charge is -2.06. The number of amides is 1. The monoisotopic (exact) mass is 276 g/mol. The van der Waals surface area contributed by atoms with E-state index in [9.17, 15) is 4.79 Å². The van der Waals surface area contributed by atoms with E-state index < -0.39 is 0 Å². The Morgan fingerprint density at radius 2 is 2.26 bits per heavy atom. The number of aromatic nitrogens is 2. The lowest BCUT2D eigenvalue weighted by atomic mass is 10.1. The maximum absolute atomic E-state index is 11.6. The van der Waals surface area contributed by atoms with Crippen LogP contribution in [0.15, 0.2) is 30.5 Å². The van der Waals surface area contributed by atoms with Crippen LogP contribution >= 0.6 is 11.6 Å². The van der Waals surface area contributed by atoms with Crippen molar-refractivity contribution in [2.75, 3.05) is 12.8 Å². The first-order chi connectivity index (χ1) is 9.15. The quantitative estimate of drug-likeness (QED) is 0.838. The maximum atomic E-state index is 11.6. The number of anilines is 1. The van der Waals surface area contributed by atoms with Crippen LogP contribution in [0, 0.1) is 0 Å². The van der Waals surface area contributed by atoms with E-state index in [-0.39, 0.29) is 17.4 Å². The average Bonchev–Trinajstić information content (AvgIpc) is 2.47. The van der Waals surface area contributed by atoms with Crippen LogP contribution < -0.4 is 11.1 Å². The molecule has 0 radical (unpaired) electrons. The molecule has 2 rings (SSSR count). The molecular weight excluding hydrogens is 264 g/mol. The van der Waals surface area contributed by atoms with E-state index in [4.69, 9.17) is 17.3 Å². The second-order valence-electron chi connectivity index (χ2n) is 3.90. The number of carbonyl (C=O) groups is 1. The summed E-state index contributed by atoms with van der Waals surface area (Å²) in [6.45, 7) is 0. The minimum absolute atomic E-state index is 0.108. The highest BCUT2D eigenvalue weighted by Crippen LogP contribution is 2.20. The Morgan fingerprint density at radius 1 is 1.47 bits per heavy atom. The number of nitrogens with zero attached hydrogens (tertiary/aromatic N) is 2. The molecule has 0 unspecified atom stereocenters. The van der Waals surface area contributed by atoms with Gasteiger partial charge in [-0.15, -0.1) is 11.6 Å². The molecule has 2 aromatic rings. The number of halogens is 1. The number of nitrogens with two attached hydrogens (primary N) is 1. The van der Waals surface area contributed by atoms with E-state index in [1.165, 1.54) is 13.2 Å². The van der Waals surface area contributed by atoms with Gasteiger partial charge in [-0.2, -0.15) is 0 Å². The zero-order chi connectivity index (χ0) is 13.8. The third-order valence-electron chi connectivity index (χ3n) is 2.62. The predicted molar refractivity (Wildman–Crippen MR) is 74.8 cm³/mol. The van der Waals surface area contributed by atoms with Gasteiger partial charge in [0.2, 0.25) is 0 Å². The number of nitrogens with one attached hydrogen (secondary N) is 1. The highest BCUT2D eigenvalue weighted by molar-refractivity contribution is 6.17. The van der Waals surface area contributed by atoms with E-state index >= 15 is 0 Å². The summed E-state index contributed by atoms with van der Waals surface area (Å²) < 4.78 is 0. The number of hydrogen-bond donors (Lipinski definition) is 2. The van der Waals surface area contributed by atoms with Gasteiger partial charge in [-0.1, -0.05) is 18.2 Å². The van der Waals surface area contributed by atoms with E-state index in [0.29, 0.717) is 11.6 Å². The molecule has 0 aliphatic heterocycles. The summed E-state index contributed by atoms with van der Waals surface area (Å²) in [5.41, 5.74) is 8.16. The second kappa shape index (κ2) is 5.67. The molecule has 0 spiro atoms. The molecule has 5 nitrogen and oxygen atoms in total. The summed E-state index contributed by atoms with van der Waals surface area (Å²) in [6, 6.07) is 7.58. The van der Waals surface area contributed by atoms with Gasteiger partial charge in [0.15, 0.2) is 11.5 Å². The average molecular weight is 277 g/mol. The Balaban J connectivity index is 2.48. The van der Waals surface area contributed by atoms with E-state index in [0.717, 1.165) is 11.1 Å². The third kappa shape index (κ3) is 2.82. The topological polar surface area (TPSA) is 80.9 Å². The Bertz CT molecular complexity index is 615. The SMILES string of the molecule is CNC(=O)c1nc(-c2cccc(CCl)c2)cnc1N. The first-order valence-corrected chi connectivity index (χ1v) is 6.19. The molecule has 0 atom stereocenters. The molecule has 0 saturated carbocycles. The van der Waals surface area contributed by atoms with Crippen LogP contribution in [0.2, 0.25) is 0 Å². The van der Waals surface area contributed by atoms with Crippen LogP contribution in [0.4, 0.5) is 5.82 Å². The van der Waals surface area contributed by atoms with Gasteiger partial charge in [0, 0.05) is 18.5 Å². The number of rotatable bonds is 3. The fourth-order valence-corrected chi connectivity index (χ4v) is 1.80. The van der Waals surface area contributed by atoms with Gasteiger partial charge >= 0.3 is 0 Å². The van der Waals surface area contributed by atoms with Gasteiger partial charge in [-0.3, -0.25) is 4.79 Å². The predicted octanol–water partition coefficient (Wildman–Crippen LogP) is 1.82. The van der Waals surface area contributed by atoms with Gasteiger partial charge in [-0.05, 0) is 11.6 Å². The van der Waals surface area contributed by atoms with E-state index in [1.54, 1.807) is 0 Å². The summed E-state index contributed by atoms with van der Waals surface area (Å²) in [5.74, 6) is 0.162. The minimum Gasteiger partial charge on any atom is -0.382 e. The summed E-state index contributed by atoms with van der Waals surface area (Å²) in [4.78, 5) is 19.9. The molecule has 0 bridgehead atoms. The largest absolute Gasteiger partial charge is 0.382 e. The van der Waals surface area contributed by atoms with Crippen molar-refractivity contribution in [1.29, 1.82) is 0 Å². The molecule has 19 heavy (non-hydrogen) atoms. The summed E-state index contributed by atoms with van der Waals surface area (Å²) in [5, 5.41) is 2.48. The Morgan fingerprint density at radius 3 is 2.95 bits per heavy atom. The number of nitrogen functional groups attached to an aromatic ring is 1. The number of benzene rings is 1. The minimum atomic E-state index is -0.361. The molecule has 1 amide bonds. The van der Waals surface area contributed by atoms with E-state index in [1.807, 2.05) is 24.3 Å². The molecule has 0 aliphatic rings. The molecule has 98 valence electrons. The van der Waals surface area contributed by atoms with Crippen LogP contribution in [0.25, 0.3) is 11.3 Å². The maximum Gasteiger partial charge on any atom is 0.273 e. The van der Waals surface area contributed by atoms with Crippen LogP contribution in [-0.4, -0.2) is 22.9 Å². The number of alkyl halides is 1. The fourth-order valence-electron chi connectivity index (χ4n) is 1.64. The van der Waals surface area contributed by atoms with Gasteiger partial charge in [0.1, 0.15) is 0 Å². The van der Waals surface area contributed by atoms with Crippen molar-refractivity contribution in [3.05, 3.63) is 41.7 Å². The van der Waals surface area contributed by atoms with Crippen LogP contribution in [0.1, 0.15) is 16.1 Å². The third-order valence-corrected chi connectivity index (χ3v) is 2.93. The van der Waals surface area contributed by atoms with Gasteiger partial charge < -0.3 is 11.1 Å². The molecular formula is C13H13ClN4O. The molecule has 0 saturated heterocycles. The molecule has 1 heterocycles. The Hall–Kier alpha value is -2.14. The Kier molecular flexibility index (Phi) is 3.97. The number of carbonyl (C=O) groups excluding carboxylic acids is 1. The van der Waals surface area contributed by atoms with Gasteiger partial charge in [0.05, 0.1) is 11.9 Å². The molecule has 1 aromatic heterocycles. The van der Waals surface area contributed by atoms with Crippen molar-refractivity contribution < 1.29 is 4.79 Å². The first-order valence-electron chi connectivity index (χ1n) is 5.65. The fraction of sp³-hybridized carbons (Fsp3) is 0.154. The Labute approximate surface area is 115 Å². The van der Waals surface area contributed by atoms with Crippen molar-refractivity contribution in [1.82, 2.24) is 15.3 Å². The summed E-state index contributed by atoms with van der Waals surface area (Å²) in [7, 11) is 1.52. The smallest absolute Gasteiger partial charge is 0.273 e. The zero-order valence-corrected chi connectivity index (χ0v) is 11.1. The van der Waals surface area contributed by atoms with Gasteiger partial charge in [0.25, 0.3) is 5.91 Å². The molecule has 1 aromatic carbocycles.